The predicted molar refractivity (Wildman–Crippen MR) is 70.2 cm³/mol. The van der Waals surface area contributed by atoms with Crippen LogP contribution in [0.25, 0.3) is 0 Å². The van der Waals surface area contributed by atoms with Crippen LogP contribution in [0.15, 0.2) is 18.2 Å². The number of anilines is 1. The highest BCUT2D eigenvalue weighted by Gasteiger charge is 2.04. The number of benzene rings is 1. The fourth-order valence-electron chi connectivity index (χ4n) is 0.958. The van der Waals surface area contributed by atoms with E-state index in [-0.39, 0.29) is 6.03 Å². The molecule has 4 heteroatoms. The number of nitrogens with zero attached hydrogens (tertiary/aromatic N) is 1. The molecule has 0 heterocycles. The topological polar surface area (TPSA) is 32.3 Å². The molecule has 0 aliphatic rings. The lowest BCUT2D eigenvalue weighted by atomic mass is 10.2. The van der Waals surface area contributed by atoms with Gasteiger partial charge in [0.1, 0.15) is 0 Å². The van der Waals surface area contributed by atoms with E-state index in [1.165, 1.54) is 4.90 Å². The third kappa shape index (κ3) is 4.53. The van der Waals surface area contributed by atoms with Crippen LogP contribution in [0.3, 0.4) is 0 Å². The lowest BCUT2D eigenvalue weighted by molar-refractivity contribution is 0.230. The first-order chi connectivity index (χ1) is 7.50. The van der Waals surface area contributed by atoms with E-state index in [0.717, 1.165) is 11.3 Å². The molecule has 0 aliphatic carbocycles. The summed E-state index contributed by atoms with van der Waals surface area (Å²) < 4.78 is 0. The van der Waals surface area contributed by atoms with Gasteiger partial charge >= 0.3 is 6.03 Å². The second-order valence-electron chi connectivity index (χ2n) is 3.29. The van der Waals surface area contributed by atoms with Crippen molar-refractivity contribution in [2.45, 2.75) is 20.8 Å². The van der Waals surface area contributed by atoms with Crippen molar-refractivity contribution in [2.24, 2.45) is 0 Å². The summed E-state index contributed by atoms with van der Waals surface area (Å²) in [6.07, 6.45) is 0. The first-order valence-corrected chi connectivity index (χ1v) is 5.63. The van der Waals surface area contributed by atoms with Gasteiger partial charge in [0.05, 0.1) is 0 Å². The lowest BCUT2D eigenvalue weighted by Gasteiger charge is -2.12. The Hall–Kier alpha value is -1.22. The fourth-order valence-corrected chi connectivity index (χ4v) is 1.08. The van der Waals surface area contributed by atoms with E-state index >= 15 is 0 Å². The molecule has 0 spiro atoms. The van der Waals surface area contributed by atoms with Crippen LogP contribution in [0.2, 0.25) is 5.02 Å². The number of aryl methyl sites for hydroxylation is 1. The normalized spacial score (nSPS) is 8.88. The van der Waals surface area contributed by atoms with Crippen molar-refractivity contribution >= 4 is 23.3 Å². The van der Waals surface area contributed by atoms with Crippen molar-refractivity contribution < 1.29 is 4.79 Å². The number of urea groups is 1. The minimum Gasteiger partial charge on any atom is -0.331 e. The maximum atomic E-state index is 11.3. The average Bonchev–Trinajstić information content (AvgIpc) is 2.26. The zero-order valence-electron chi connectivity index (χ0n) is 10.5. The van der Waals surface area contributed by atoms with Gasteiger partial charge in [-0.1, -0.05) is 25.4 Å². The highest BCUT2D eigenvalue weighted by atomic mass is 35.5. The zero-order chi connectivity index (χ0) is 12.7. The summed E-state index contributed by atoms with van der Waals surface area (Å²) in [6.45, 7) is 5.90. The van der Waals surface area contributed by atoms with Crippen LogP contribution in [0.5, 0.6) is 0 Å². The molecule has 1 rings (SSSR count). The van der Waals surface area contributed by atoms with Crippen LogP contribution < -0.4 is 5.32 Å². The number of carbonyl (C=O) groups is 1. The Kier molecular flexibility index (Phi) is 6.58. The van der Waals surface area contributed by atoms with Gasteiger partial charge < -0.3 is 10.2 Å². The maximum absolute atomic E-state index is 11.3. The van der Waals surface area contributed by atoms with Gasteiger partial charge in [-0.25, -0.2) is 4.79 Å². The molecular weight excluding hydrogens is 224 g/mol. The smallest absolute Gasteiger partial charge is 0.321 e. The molecule has 2 amide bonds. The van der Waals surface area contributed by atoms with Gasteiger partial charge in [-0.05, 0) is 30.7 Å². The Morgan fingerprint density at radius 3 is 2.31 bits per heavy atom. The van der Waals surface area contributed by atoms with Crippen LogP contribution in [-0.2, 0) is 0 Å². The van der Waals surface area contributed by atoms with Gasteiger partial charge in [0.2, 0.25) is 0 Å². The van der Waals surface area contributed by atoms with E-state index in [1.807, 2.05) is 26.8 Å². The van der Waals surface area contributed by atoms with E-state index in [2.05, 4.69) is 5.32 Å². The highest BCUT2D eigenvalue weighted by Crippen LogP contribution is 2.19. The Morgan fingerprint density at radius 1 is 1.31 bits per heavy atom. The van der Waals surface area contributed by atoms with E-state index in [4.69, 9.17) is 11.6 Å². The molecule has 1 N–H and O–H groups in total. The summed E-state index contributed by atoms with van der Waals surface area (Å²) in [7, 11) is 3.39. The van der Waals surface area contributed by atoms with Crippen molar-refractivity contribution in [1.29, 1.82) is 0 Å². The summed E-state index contributed by atoms with van der Waals surface area (Å²) in [5.74, 6) is 0. The third-order valence-electron chi connectivity index (χ3n) is 1.82. The standard InChI is InChI=1S/C10H13ClN2O.C2H6/c1-7-6-8(4-5-9(7)11)12-10(14)13(2)3;1-2/h4-6H,1-3H3,(H,12,14);1-2H3. The number of nitrogens with one attached hydrogen (secondary N) is 1. The number of amides is 2. The highest BCUT2D eigenvalue weighted by molar-refractivity contribution is 6.31. The van der Waals surface area contributed by atoms with Gasteiger partial charge in [0.15, 0.2) is 0 Å². The van der Waals surface area contributed by atoms with Gasteiger partial charge in [0, 0.05) is 24.8 Å². The van der Waals surface area contributed by atoms with E-state index in [1.54, 1.807) is 26.2 Å². The monoisotopic (exact) mass is 242 g/mol. The molecule has 0 aromatic heterocycles. The molecule has 0 radical (unpaired) electrons. The first-order valence-electron chi connectivity index (χ1n) is 5.25. The molecule has 0 unspecified atom stereocenters. The average molecular weight is 243 g/mol. The molecule has 0 aliphatic heterocycles. The predicted octanol–water partition coefficient (Wildman–Crippen LogP) is 3.77. The first kappa shape index (κ1) is 14.8. The molecule has 0 atom stereocenters. The summed E-state index contributed by atoms with van der Waals surface area (Å²) in [5.41, 5.74) is 1.70. The molecule has 0 saturated heterocycles. The Bertz CT molecular complexity index is 351. The number of carbonyl (C=O) groups excluding carboxylic acids is 1. The van der Waals surface area contributed by atoms with Gasteiger partial charge in [-0.2, -0.15) is 0 Å². The molecule has 0 saturated carbocycles. The molecular formula is C12H19ClN2O. The van der Waals surface area contributed by atoms with E-state index in [9.17, 15) is 4.79 Å². The van der Waals surface area contributed by atoms with E-state index < -0.39 is 0 Å². The van der Waals surface area contributed by atoms with Crippen LogP contribution in [0, 0.1) is 6.92 Å². The van der Waals surface area contributed by atoms with Gasteiger partial charge in [0.25, 0.3) is 0 Å². The van der Waals surface area contributed by atoms with Crippen molar-refractivity contribution in [2.75, 3.05) is 19.4 Å². The summed E-state index contributed by atoms with van der Waals surface area (Å²) in [6, 6.07) is 5.23. The molecule has 0 bridgehead atoms. The van der Waals surface area contributed by atoms with Gasteiger partial charge in [-0.3, -0.25) is 0 Å². The summed E-state index contributed by atoms with van der Waals surface area (Å²) in [5, 5.41) is 3.44. The SMILES string of the molecule is CC.Cc1cc(NC(=O)N(C)C)ccc1Cl. The maximum Gasteiger partial charge on any atom is 0.321 e. The molecule has 3 nitrogen and oxygen atoms in total. The van der Waals surface area contributed by atoms with Crippen molar-refractivity contribution in [3.63, 3.8) is 0 Å². The second kappa shape index (κ2) is 7.12. The number of halogens is 1. The van der Waals surface area contributed by atoms with Crippen LogP contribution in [-0.4, -0.2) is 25.0 Å². The lowest BCUT2D eigenvalue weighted by Crippen LogP contribution is -2.27. The summed E-state index contributed by atoms with van der Waals surface area (Å²) in [4.78, 5) is 12.8. The third-order valence-corrected chi connectivity index (χ3v) is 2.24. The molecule has 16 heavy (non-hydrogen) atoms. The van der Waals surface area contributed by atoms with Crippen LogP contribution >= 0.6 is 11.6 Å². The summed E-state index contributed by atoms with van der Waals surface area (Å²) >= 11 is 5.86. The molecule has 1 aromatic carbocycles. The Balaban J connectivity index is 0.00000106. The number of hydrogen-bond donors (Lipinski definition) is 1. The minimum absolute atomic E-state index is 0.147. The Labute approximate surface area is 102 Å². The van der Waals surface area contributed by atoms with Gasteiger partial charge in [-0.15, -0.1) is 0 Å². The molecule has 90 valence electrons. The van der Waals surface area contributed by atoms with E-state index in [0.29, 0.717) is 5.02 Å². The Morgan fingerprint density at radius 2 is 1.88 bits per heavy atom. The number of rotatable bonds is 1. The largest absolute Gasteiger partial charge is 0.331 e. The molecule has 1 aromatic rings. The minimum atomic E-state index is -0.147. The second-order valence-corrected chi connectivity index (χ2v) is 3.70. The van der Waals surface area contributed by atoms with Crippen molar-refractivity contribution in [3.05, 3.63) is 28.8 Å². The van der Waals surface area contributed by atoms with Crippen molar-refractivity contribution in [3.8, 4) is 0 Å². The van der Waals surface area contributed by atoms with Crippen LogP contribution in [0.1, 0.15) is 19.4 Å². The quantitative estimate of drug-likeness (QED) is 0.799. The van der Waals surface area contributed by atoms with Crippen LogP contribution in [0.4, 0.5) is 10.5 Å². The number of hydrogen-bond acceptors (Lipinski definition) is 1. The van der Waals surface area contributed by atoms with Crippen molar-refractivity contribution in [1.82, 2.24) is 4.90 Å². The zero-order valence-corrected chi connectivity index (χ0v) is 11.2. The molecule has 0 fully saturated rings. The fraction of sp³-hybridized carbons (Fsp3) is 0.417.